The van der Waals surface area contributed by atoms with Crippen molar-refractivity contribution in [3.05, 3.63) is 47.7 Å². The van der Waals surface area contributed by atoms with E-state index in [1.807, 2.05) is 13.0 Å². The van der Waals surface area contributed by atoms with Crippen molar-refractivity contribution in [3.63, 3.8) is 0 Å². The number of hydrogen-bond acceptors (Lipinski definition) is 5. The largest absolute Gasteiger partial charge is 0.481 e. The van der Waals surface area contributed by atoms with E-state index in [4.69, 9.17) is 9.97 Å². The van der Waals surface area contributed by atoms with E-state index in [9.17, 15) is 9.90 Å². The molecule has 2 aliphatic heterocycles. The second kappa shape index (κ2) is 8.80. The van der Waals surface area contributed by atoms with Gasteiger partial charge in [-0.1, -0.05) is 30.3 Å². The fourth-order valence-corrected chi connectivity index (χ4v) is 4.48. The SMILES string of the molecule is Cc1cc(N2CCC(C(=O)O)CC2)nc(N2CCC(Cc3ccccc3)CC2)n1. The molecule has 2 saturated heterocycles. The van der Waals surface area contributed by atoms with Crippen molar-refractivity contribution >= 4 is 17.7 Å². The van der Waals surface area contributed by atoms with Crippen molar-refractivity contribution in [2.24, 2.45) is 11.8 Å². The van der Waals surface area contributed by atoms with Crippen LogP contribution in [-0.2, 0) is 11.2 Å². The lowest BCUT2D eigenvalue weighted by Gasteiger charge is -2.34. The quantitative estimate of drug-likeness (QED) is 0.836. The van der Waals surface area contributed by atoms with Crippen LogP contribution < -0.4 is 9.80 Å². The Morgan fingerprint density at radius 2 is 1.66 bits per heavy atom. The number of nitrogens with zero attached hydrogens (tertiary/aromatic N) is 4. The van der Waals surface area contributed by atoms with E-state index in [1.54, 1.807) is 0 Å². The van der Waals surface area contributed by atoms with Crippen LogP contribution >= 0.6 is 0 Å². The molecule has 0 amide bonds. The van der Waals surface area contributed by atoms with Crippen molar-refractivity contribution in [3.8, 4) is 0 Å². The van der Waals surface area contributed by atoms with Gasteiger partial charge < -0.3 is 14.9 Å². The van der Waals surface area contributed by atoms with Crippen molar-refractivity contribution in [2.45, 2.75) is 39.0 Å². The van der Waals surface area contributed by atoms with E-state index in [0.717, 1.165) is 62.9 Å². The summed E-state index contributed by atoms with van der Waals surface area (Å²) in [7, 11) is 0. The summed E-state index contributed by atoms with van der Waals surface area (Å²) in [6, 6.07) is 12.8. The highest BCUT2D eigenvalue weighted by molar-refractivity contribution is 5.70. The Kier molecular flexibility index (Phi) is 5.97. The summed E-state index contributed by atoms with van der Waals surface area (Å²) < 4.78 is 0. The van der Waals surface area contributed by atoms with Crippen LogP contribution in [0.4, 0.5) is 11.8 Å². The van der Waals surface area contributed by atoms with Gasteiger partial charge >= 0.3 is 5.97 Å². The zero-order chi connectivity index (χ0) is 20.2. The van der Waals surface area contributed by atoms with E-state index in [1.165, 1.54) is 5.56 Å². The summed E-state index contributed by atoms with van der Waals surface area (Å²) >= 11 is 0. The van der Waals surface area contributed by atoms with Gasteiger partial charge in [0.1, 0.15) is 5.82 Å². The third-order valence-electron chi connectivity index (χ3n) is 6.26. The topological polar surface area (TPSA) is 69.6 Å². The number of hydrogen-bond donors (Lipinski definition) is 1. The van der Waals surface area contributed by atoms with Crippen LogP contribution in [0.25, 0.3) is 0 Å². The van der Waals surface area contributed by atoms with Crippen LogP contribution in [0.15, 0.2) is 36.4 Å². The lowest BCUT2D eigenvalue weighted by atomic mass is 9.90. The molecule has 2 fully saturated rings. The smallest absolute Gasteiger partial charge is 0.306 e. The molecule has 0 saturated carbocycles. The summed E-state index contributed by atoms with van der Waals surface area (Å²) in [5.74, 6) is 1.56. The van der Waals surface area contributed by atoms with Crippen LogP contribution in [0.1, 0.15) is 36.9 Å². The van der Waals surface area contributed by atoms with Gasteiger partial charge in [0.25, 0.3) is 0 Å². The molecule has 1 aromatic carbocycles. The summed E-state index contributed by atoms with van der Waals surface area (Å²) in [4.78, 5) is 25.3. The predicted octanol–water partition coefficient (Wildman–Crippen LogP) is 3.55. The first-order valence-electron chi connectivity index (χ1n) is 10.7. The minimum absolute atomic E-state index is 0.225. The maximum absolute atomic E-state index is 11.2. The summed E-state index contributed by atoms with van der Waals surface area (Å²) in [6.45, 7) is 5.47. The zero-order valence-corrected chi connectivity index (χ0v) is 17.1. The van der Waals surface area contributed by atoms with Crippen LogP contribution in [-0.4, -0.2) is 47.2 Å². The molecule has 2 aromatic rings. The molecule has 1 aromatic heterocycles. The number of rotatable bonds is 5. The summed E-state index contributed by atoms with van der Waals surface area (Å²) in [5.41, 5.74) is 2.39. The molecule has 6 heteroatoms. The van der Waals surface area contributed by atoms with E-state index < -0.39 is 5.97 Å². The third-order valence-corrected chi connectivity index (χ3v) is 6.26. The Labute approximate surface area is 172 Å². The molecule has 0 atom stereocenters. The first-order chi connectivity index (χ1) is 14.1. The van der Waals surface area contributed by atoms with Gasteiger partial charge in [-0.15, -0.1) is 0 Å². The third kappa shape index (κ3) is 4.86. The zero-order valence-electron chi connectivity index (χ0n) is 17.1. The van der Waals surface area contributed by atoms with Crippen LogP contribution in [0.2, 0.25) is 0 Å². The van der Waals surface area contributed by atoms with Gasteiger partial charge in [0.2, 0.25) is 5.95 Å². The first kappa shape index (κ1) is 19.7. The van der Waals surface area contributed by atoms with E-state index in [-0.39, 0.29) is 5.92 Å². The molecule has 3 heterocycles. The molecule has 0 unspecified atom stereocenters. The molecule has 29 heavy (non-hydrogen) atoms. The molecule has 1 N–H and O–H groups in total. The molecular formula is C23H30N4O2. The van der Waals surface area contributed by atoms with E-state index in [2.05, 4.69) is 40.1 Å². The van der Waals surface area contributed by atoms with Gasteiger partial charge in [0.05, 0.1) is 5.92 Å². The summed E-state index contributed by atoms with van der Waals surface area (Å²) in [5, 5.41) is 9.22. The maximum Gasteiger partial charge on any atom is 0.306 e. The number of aromatic nitrogens is 2. The van der Waals surface area contributed by atoms with Gasteiger partial charge in [-0.05, 0) is 50.5 Å². The van der Waals surface area contributed by atoms with Crippen molar-refractivity contribution < 1.29 is 9.90 Å². The number of aliphatic carboxylic acids is 1. The Morgan fingerprint density at radius 3 is 2.31 bits per heavy atom. The van der Waals surface area contributed by atoms with Gasteiger partial charge in [0, 0.05) is 37.9 Å². The van der Waals surface area contributed by atoms with Crippen LogP contribution in [0.5, 0.6) is 0 Å². The van der Waals surface area contributed by atoms with E-state index in [0.29, 0.717) is 18.8 Å². The molecule has 154 valence electrons. The van der Waals surface area contributed by atoms with Crippen molar-refractivity contribution in [1.82, 2.24) is 9.97 Å². The summed E-state index contributed by atoms with van der Waals surface area (Å²) in [6.07, 6.45) is 4.82. The van der Waals surface area contributed by atoms with Gasteiger partial charge in [-0.25, -0.2) is 4.98 Å². The maximum atomic E-state index is 11.2. The molecule has 6 nitrogen and oxygen atoms in total. The molecule has 0 spiro atoms. The van der Waals surface area contributed by atoms with E-state index >= 15 is 0 Å². The second-order valence-electron chi connectivity index (χ2n) is 8.39. The van der Waals surface area contributed by atoms with Gasteiger partial charge in [0.15, 0.2) is 0 Å². The number of piperidine rings is 2. The number of carbonyl (C=O) groups is 1. The number of carboxylic acids is 1. The van der Waals surface area contributed by atoms with Crippen LogP contribution in [0, 0.1) is 18.8 Å². The molecule has 2 aliphatic rings. The fraction of sp³-hybridized carbons (Fsp3) is 0.522. The highest BCUT2D eigenvalue weighted by Gasteiger charge is 2.26. The van der Waals surface area contributed by atoms with Crippen LogP contribution in [0.3, 0.4) is 0 Å². The Morgan fingerprint density at radius 1 is 1.00 bits per heavy atom. The Balaban J connectivity index is 1.38. The molecule has 0 aliphatic carbocycles. The lowest BCUT2D eigenvalue weighted by molar-refractivity contribution is -0.142. The normalized spacial score (nSPS) is 18.8. The molecule has 0 radical (unpaired) electrons. The molecule has 0 bridgehead atoms. The number of aryl methyl sites for hydroxylation is 1. The number of benzene rings is 1. The number of anilines is 2. The standard InChI is InChI=1S/C23H30N4O2/c1-17-15-21(26-13-9-20(10-14-26)22(28)29)25-23(24-17)27-11-7-19(8-12-27)16-18-5-3-2-4-6-18/h2-6,15,19-20H,7-14,16H2,1H3,(H,28,29). The second-order valence-corrected chi connectivity index (χ2v) is 8.39. The molecular weight excluding hydrogens is 364 g/mol. The number of carboxylic acid groups (broad SMARTS) is 1. The first-order valence-corrected chi connectivity index (χ1v) is 10.7. The van der Waals surface area contributed by atoms with Gasteiger partial charge in [-0.2, -0.15) is 4.98 Å². The Hall–Kier alpha value is -2.63. The van der Waals surface area contributed by atoms with Crippen molar-refractivity contribution in [1.29, 1.82) is 0 Å². The Bertz CT molecular complexity index is 826. The average molecular weight is 395 g/mol. The van der Waals surface area contributed by atoms with Crippen molar-refractivity contribution in [2.75, 3.05) is 36.0 Å². The lowest BCUT2D eigenvalue weighted by Crippen LogP contribution is -2.38. The highest BCUT2D eigenvalue weighted by atomic mass is 16.4. The van der Waals surface area contributed by atoms with Gasteiger partial charge in [-0.3, -0.25) is 4.79 Å². The fourth-order valence-electron chi connectivity index (χ4n) is 4.48. The monoisotopic (exact) mass is 394 g/mol. The highest BCUT2D eigenvalue weighted by Crippen LogP contribution is 2.27. The minimum Gasteiger partial charge on any atom is -0.481 e. The molecule has 4 rings (SSSR count). The predicted molar refractivity (Wildman–Crippen MR) is 114 cm³/mol. The average Bonchev–Trinajstić information content (AvgIpc) is 2.75. The minimum atomic E-state index is -0.678.